The summed E-state index contributed by atoms with van der Waals surface area (Å²) in [5.41, 5.74) is 1.17. The van der Waals surface area contributed by atoms with E-state index in [1.54, 1.807) is 7.05 Å². The van der Waals surface area contributed by atoms with Crippen molar-refractivity contribution in [1.29, 1.82) is 0 Å². The Morgan fingerprint density at radius 2 is 1.96 bits per heavy atom. The zero-order chi connectivity index (χ0) is 20.0. The maximum absolute atomic E-state index is 5.97. The summed E-state index contributed by atoms with van der Waals surface area (Å²) in [6.07, 6.45) is 7.95. The summed E-state index contributed by atoms with van der Waals surface area (Å²) in [5.74, 6) is 1.72. The summed E-state index contributed by atoms with van der Waals surface area (Å²) in [4.78, 5) is 6.41. The second kappa shape index (κ2) is 13.4. The van der Waals surface area contributed by atoms with E-state index in [1.807, 2.05) is 26.2 Å². The van der Waals surface area contributed by atoms with Gasteiger partial charge in [0.1, 0.15) is 12.4 Å². The first-order valence-corrected chi connectivity index (χ1v) is 10.6. The van der Waals surface area contributed by atoms with Crippen molar-refractivity contribution in [3.8, 4) is 5.75 Å². The van der Waals surface area contributed by atoms with E-state index in [0.717, 1.165) is 37.8 Å². The molecule has 0 aromatic heterocycles. The van der Waals surface area contributed by atoms with E-state index < -0.39 is 0 Å². The number of rotatable bonds is 11. The first-order valence-electron chi connectivity index (χ1n) is 10.6. The lowest BCUT2D eigenvalue weighted by Gasteiger charge is -2.22. The van der Waals surface area contributed by atoms with E-state index in [-0.39, 0.29) is 0 Å². The van der Waals surface area contributed by atoms with Gasteiger partial charge in [-0.1, -0.05) is 31.4 Å². The molecule has 0 heterocycles. The molecule has 0 unspecified atom stereocenters. The maximum atomic E-state index is 5.97. The van der Waals surface area contributed by atoms with Gasteiger partial charge in [0.15, 0.2) is 5.96 Å². The molecule has 2 N–H and O–H groups in total. The maximum Gasteiger partial charge on any atom is 0.191 e. The molecule has 1 aromatic carbocycles. The molecule has 0 radical (unpaired) electrons. The number of nitrogens with zero attached hydrogens (tertiary/aromatic N) is 2. The summed E-state index contributed by atoms with van der Waals surface area (Å²) in [6, 6.07) is 8.20. The molecule has 1 saturated carbocycles. The number of ether oxygens (including phenoxy) is 2. The van der Waals surface area contributed by atoms with Gasteiger partial charge in [0.05, 0.1) is 6.10 Å². The van der Waals surface area contributed by atoms with Crippen molar-refractivity contribution in [3.63, 3.8) is 0 Å². The van der Waals surface area contributed by atoms with Crippen LogP contribution < -0.4 is 15.4 Å². The number of benzene rings is 1. The van der Waals surface area contributed by atoms with Crippen LogP contribution in [0.15, 0.2) is 29.3 Å². The van der Waals surface area contributed by atoms with E-state index in [1.165, 1.54) is 37.7 Å². The molecule has 1 aromatic rings. The lowest BCUT2D eigenvalue weighted by atomic mass is 9.98. The predicted molar refractivity (Wildman–Crippen MR) is 116 cm³/mol. The highest BCUT2D eigenvalue weighted by Gasteiger charge is 2.12. The second-order valence-corrected chi connectivity index (χ2v) is 7.64. The Morgan fingerprint density at radius 3 is 2.71 bits per heavy atom. The van der Waals surface area contributed by atoms with Gasteiger partial charge in [-0.05, 0) is 51.1 Å². The van der Waals surface area contributed by atoms with Crippen LogP contribution >= 0.6 is 0 Å². The lowest BCUT2D eigenvalue weighted by Crippen LogP contribution is -2.37. The molecular formula is C22H38N4O2. The Morgan fingerprint density at radius 1 is 1.14 bits per heavy atom. The van der Waals surface area contributed by atoms with E-state index in [4.69, 9.17) is 9.47 Å². The average Bonchev–Trinajstić information content (AvgIpc) is 2.71. The molecular weight excluding hydrogens is 352 g/mol. The van der Waals surface area contributed by atoms with Crippen LogP contribution in [0.25, 0.3) is 0 Å². The van der Waals surface area contributed by atoms with Crippen LogP contribution in [0.4, 0.5) is 0 Å². The Balaban J connectivity index is 1.62. The number of hydrogen-bond acceptors (Lipinski definition) is 4. The summed E-state index contributed by atoms with van der Waals surface area (Å²) in [6.45, 7) is 3.99. The van der Waals surface area contributed by atoms with Crippen molar-refractivity contribution >= 4 is 5.96 Å². The van der Waals surface area contributed by atoms with Crippen LogP contribution in [-0.4, -0.2) is 64.4 Å². The summed E-state index contributed by atoms with van der Waals surface area (Å²) in [5, 5.41) is 6.72. The fourth-order valence-electron chi connectivity index (χ4n) is 3.26. The quantitative estimate of drug-likeness (QED) is 0.346. The monoisotopic (exact) mass is 390 g/mol. The number of guanidine groups is 1. The third kappa shape index (κ3) is 9.42. The number of nitrogens with one attached hydrogen (secondary N) is 2. The van der Waals surface area contributed by atoms with Crippen molar-refractivity contribution < 1.29 is 9.47 Å². The molecule has 1 fully saturated rings. The van der Waals surface area contributed by atoms with Gasteiger partial charge >= 0.3 is 0 Å². The molecule has 6 heteroatoms. The van der Waals surface area contributed by atoms with Crippen molar-refractivity contribution in [2.45, 2.75) is 51.2 Å². The predicted octanol–water partition coefficient (Wildman–Crippen LogP) is 3.03. The first-order chi connectivity index (χ1) is 13.7. The first kappa shape index (κ1) is 22.5. The molecule has 158 valence electrons. The Bertz CT molecular complexity index is 571. The lowest BCUT2D eigenvalue weighted by molar-refractivity contribution is 0.0277. The van der Waals surface area contributed by atoms with Crippen LogP contribution in [0.5, 0.6) is 5.75 Å². The van der Waals surface area contributed by atoms with Crippen molar-refractivity contribution in [2.75, 3.05) is 47.4 Å². The van der Waals surface area contributed by atoms with Gasteiger partial charge in [0.25, 0.3) is 0 Å². The minimum absolute atomic E-state index is 0.485. The zero-order valence-electron chi connectivity index (χ0n) is 17.9. The standard InChI is InChI=1S/C22H38N4O2/c1-23-22(24-13-8-15-27-20-10-5-4-6-11-20)25-18-19-9-7-12-21(17-19)28-16-14-26(2)3/h7,9,12,17,20H,4-6,8,10-11,13-16,18H2,1-3H3,(H2,23,24,25). The third-order valence-corrected chi connectivity index (χ3v) is 4.91. The van der Waals surface area contributed by atoms with Gasteiger partial charge < -0.3 is 25.0 Å². The largest absolute Gasteiger partial charge is 0.492 e. The zero-order valence-corrected chi connectivity index (χ0v) is 17.9. The molecule has 0 aliphatic heterocycles. The third-order valence-electron chi connectivity index (χ3n) is 4.91. The molecule has 0 amide bonds. The fraction of sp³-hybridized carbons (Fsp3) is 0.682. The average molecular weight is 391 g/mol. The highest BCUT2D eigenvalue weighted by atomic mass is 16.5. The molecule has 6 nitrogen and oxygen atoms in total. The molecule has 1 aliphatic rings. The highest BCUT2D eigenvalue weighted by molar-refractivity contribution is 5.79. The minimum atomic E-state index is 0.485. The second-order valence-electron chi connectivity index (χ2n) is 7.64. The highest BCUT2D eigenvalue weighted by Crippen LogP contribution is 2.20. The van der Waals surface area contributed by atoms with E-state index >= 15 is 0 Å². The molecule has 1 aliphatic carbocycles. The summed E-state index contributed by atoms with van der Waals surface area (Å²) in [7, 11) is 5.89. The summed E-state index contributed by atoms with van der Waals surface area (Å²) < 4.78 is 11.8. The van der Waals surface area contributed by atoms with Gasteiger partial charge in [0.2, 0.25) is 0 Å². The number of hydrogen-bond donors (Lipinski definition) is 2. The van der Waals surface area contributed by atoms with Crippen molar-refractivity contribution in [2.24, 2.45) is 4.99 Å². The van der Waals surface area contributed by atoms with E-state index in [9.17, 15) is 0 Å². The molecule has 28 heavy (non-hydrogen) atoms. The Labute approximate surface area is 170 Å². The van der Waals surface area contributed by atoms with Gasteiger partial charge in [-0.3, -0.25) is 4.99 Å². The van der Waals surface area contributed by atoms with Gasteiger partial charge in [0, 0.05) is 33.3 Å². The summed E-state index contributed by atoms with van der Waals surface area (Å²) >= 11 is 0. The topological polar surface area (TPSA) is 58.1 Å². The van der Waals surface area contributed by atoms with Crippen LogP contribution in [0.1, 0.15) is 44.1 Å². The SMILES string of the molecule is CN=C(NCCCOC1CCCCC1)NCc1cccc(OCCN(C)C)c1. The Hall–Kier alpha value is -1.79. The number of likely N-dealkylation sites (N-methyl/N-ethyl adjacent to an activating group) is 1. The van der Waals surface area contributed by atoms with E-state index in [0.29, 0.717) is 19.3 Å². The van der Waals surface area contributed by atoms with Gasteiger partial charge in [-0.2, -0.15) is 0 Å². The number of aliphatic imine (C=N–C) groups is 1. The van der Waals surface area contributed by atoms with Crippen LogP contribution in [0.2, 0.25) is 0 Å². The normalized spacial score (nSPS) is 15.6. The molecule has 2 rings (SSSR count). The van der Waals surface area contributed by atoms with Crippen LogP contribution in [0.3, 0.4) is 0 Å². The van der Waals surface area contributed by atoms with E-state index in [2.05, 4.69) is 32.7 Å². The van der Waals surface area contributed by atoms with Crippen LogP contribution in [0, 0.1) is 0 Å². The van der Waals surface area contributed by atoms with Gasteiger partial charge in [-0.15, -0.1) is 0 Å². The van der Waals surface area contributed by atoms with Crippen LogP contribution in [-0.2, 0) is 11.3 Å². The minimum Gasteiger partial charge on any atom is -0.492 e. The fourth-order valence-corrected chi connectivity index (χ4v) is 3.26. The smallest absolute Gasteiger partial charge is 0.191 e. The van der Waals surface area contributed by atoms with Crippen molar-refractivity contribution in [1.82, 2.24) is 15.5 Å². The Kier molecular flexibility index (Phi) is 10.8. The molecule has 0 spiro atoms. The molecule has 0 atom stereocenters. The molecule has 0 bridgehead atoms. The van der Waals surface area contributed by atoms with Crippen molar-refractivity contribution in [3.05, 3.63) is 29.8 Å². The van der Waals surface area contributed by atoms with Gasteiger partial charge in [-0.25, -0.2) is 0 Å². The molecule has 0 saturated heterocycles.